The van der Waals surface area contributed by atoms with Gasteiger partial charge in [0.05, 0.1) is 6.10 Å². The number of phenolic OH excluding ortho intramolecular Hbond substituents is 1. The Labute approximate surface area is 131 Å². The van der Waals surface area contributed by atoms with E-state index in [2.05, 4.69) is 10.6 Å². The predicted octanol–water partition coefficient (Wildman–Crippen LogP) is -1.44. The normalized spacial score (nSPS) is 13.0. The molecule has 1 aromatic rings. The van der Waals surface area contributed by atoms with Crippen LogP contribution in [0.3, 0.4) is 0 Å². The van der Waals surface area contributed by atoms with Crippen molar-refractivity contribution >= 4 is 17.8 Å². The second-order valence-corrected chi connectivity index (χ2v) is 4.81. The lowest BCUT2D eigenvalue weighted by Gasteiger charge is -2.18. The summed E-state index contributed by atoms with van der Waals surface area (Å²) in [6, 6.07) is 2.25. The molecule has 126 valence electrons. The van der Waals surface area contributed by atoms with E-state index in [4.69, 9.17) is 10.2 Å². The molecule has 0 radical (unpaired) electrons. The molecule has 2 amide bonds. The highest BCUT2D eigenvalue weighted by molar-refractivity contribution is 5.98. The zero-order valence-electron chi connectivity index (χ0n) is 12.3. The summed E-state index contributed by atoms with van der Waals surface area (Å²) in [4.78, 5) is 34.3. The molecule has 9 nitrogen and oxygen atoms in total. The maximum Gasteiger partial charge on any atom is 0.328 e. The minimum Gasteiger partial charge on any atom is -0.508 e. The number of carboxylic acid groups (broad SMARTS) is 1. The fourth-order valence-electron chi connectivity index (χ4n) is 1.79. The molecule has 0 saturated carbocycles. The van der Waals surface area contributed by atoms with Gasteiger partial charge >= 0.3 is 5.97 Å². The largest absolute Gasteiger partial charge is 0.508 e. The second-order valence-electron chi connectivity index (χ2n) is 4.81. The Kier molecular flexibility index (Phi) is 6.49. The van der Waals surface area contributed by atoms with Crippen molar-refractivity contribution in [3.8, 4) is 5.75 Å². The number of nitrogens with one attached hydrogen (secondary N) is 2. The van der Waals surface area contributed by atoms with Crippen molar-refractivity contribution in [1.82, 2.24) is 10.6 Å². The SMILES string of the molecule is CC(O)C(NC(=O)c1cc(O)ccc1CNC(=O)CO)C(=O)O. The molecular weight excluding hydrogens is 308 g/mol. The lowest BCUT2D eigenvalue weighted by molar-refractivity contribution is -0.141. The van der Waals surface area contributed by atoms with Crippen molar-refractivity contribution in [3.63, 3.8) is 0 Å². The number of carbonyl (C=O) groups is 3. The van der Waals surface area contributed by atoms with Crippen molar-refractivity contribution < 1.29 is 34.8 Å². The van der Waals surface area contributed by atoms with Gasteiger partial charge in [0.25, 0.3) is 5.91 Å². The maximum absolute atomic E-state index is 12.2. The van der Waals surface area contributed by atoms with Crippen LogP contribution in [0.2, 0.25) is 0 Å². The molecule has 0 aliphatic heterocycles. The molecule has 2 unspecified atom stereocenters. The van der Waals surface area contributed by atoms with Gasteiger partial charge in [-0.25, -0.2) is 4.79 Å². The van der Waals surface area contributed by atoms with Gasteiger partial charge in [-0.3, -0.25) is 9.59 Å². The fourth-order valence-corrected chi connectivity index (χ4v) is 1.79. The molecule has 1 aromatic carbocycles. The maximum atomic E-state index is 12.2. The predicted molar refractivity (Wildman–Crippen MR) is 77.6 cm³/mol. The van der Waals surface area contributed by atoms with Gasteiger partial charge in [-0.15, -0.1) is 0 Å². The molecule has 0 fully saturated rings. The van der Waals surface area contributed by atoms with E-state index in [1.807, 2.05) is 0 Å². The fraction of sp³-hybridized carbons (Fsp3) is 0.357. The first-order chi connectivity index (χ1) is 10.8. The second kappa shape index (κ2) is 8.11. The third-order valence-electron chi connectivity index (χ3n) is 2.99. The molecule has 0 heterocycles. The van der Waals surface area contributed by atoms with Crippen molar-refractivity contribution in [2.24, 2.45) is 0 Å². The molecular formula is C14H18N2O7. The monoisotopic (exact) mass is 326 g/mol. The number of aromatic hydroxyl groups is 1. The number of aliphatic hydroxyl groups is 2. The van der Waals surface area contributed by atoms with Crippen molar-refractivity contribution in [2.75, 3.05) is 6.61 Å². The van der Waals surface area contributed by atoms with Crippen LogP contribution in [0.4, 0.5) is 0 Å². The summed E-state index contributed by atoms with van der Waals surface area (Å²) in [5.74, 6) is -3.13. The zero-order chi connectivity index (χ0) is 17.6. The number of carboxylic acids is 1. The highest BCUT2D eigenvalue weighted by atomic mass is 16.4. The Morgan fingerprint density at radius 2 is 1.91 bits per heavy atom. The van der Waals surface area contributed by atoms with Crippen LogP contribution in [0.5, 0.6) is 5.75 Å². The zero-order valence-corrected chi connectivity index (χ0v) is 12.3. The topological polar surface area (TPSA) is 156 Å². The Balaban J connectivity index is 3.00. The molecule has 6 N–H and O–H groups in total. The summed E-state index contributed by atoms with van der Waals surface area (Å²) in [6.07, 6.45) is -1.33. The van der Waals surface area contributed by atoms with E-state index in [0.717, 1.165) is 6.07 Å². The Bertz CT molecular complexity index is 601. The molecule has 23 heavy (non-hydrogen) atoms. The number of phenols is 1. The molecule has 0 spiro atoms. The van der Waals surface area contributed by atoms with Crippen molar-refractivity contribution in [1.29, 1.82) is 0 Å². The standard InChI is InChI=1S/C14H18N2O7/c1-7(18)12(14(22)23)16-13(21)10-4-9(19)3-2-8(10)5-15-11(20)6-17/h2-4,7,12,17-19H,5-6H2,1H3,(H,15,20)(H,16,21)(H,22,23). The number of hydrogen-bond acceptors (Lipinski definition) is 6. The van der Waals surface area contributed by atoms with Gasteiger partial charge < -0.3 is 31.1 Å². The molecule has 9 heteroatoms. The minimum atomic E-state index is -1.52. The summed E-state index contributed by atoms with van der Waals surface area (Å²) >= 11 is 0. The first kappa shape index (κ1) is 18.4. The summed E-state index contributed by atoms with van der Waals surface area (Å²) in [6.45, 7) is 0.390. The summed E-state index contributed by atoms with van der Waals surface area (Å²) in [5, 5.41) is 41.0. The van der Waals surface area contributed by atoms with E-state index in [-0.39, 0.29) is 17.9 Å². The Morgan fingerprint density at radius 3 is 2.43 bits per heavy atom. The van der Waals surface area contributed by atoms with Gasteiger partial charge in [0.1, 0.15) is 12.4 Å². The molecule has 0 bridgehead atoms. The van der Waals surface area contributed by atoms with Gasteiger partial charge in [0.2, 0.25) is 5.91 Å². The lowest BCUT2D eigenvalue weighted by Crippen LogP contribution is -2.47. The van der Waals surface area contributed by atoms with Gasteiger partial charge in [-0.1, -0.05) is 6.07 Å². The summed E-state index contributed by atoms with van der Waals surface area (Å²) < 4.78 is 0. The van der Waals surface area contributed by atoms with Crippen LogP contribution in [-0.4, -0.2) is 57.0 Å². The van der Waals surface area contributed by atoms with Crippen LogP contribution in [0.25, 0.3) is 0 Å². The number of rotatable bonds is 7. The van der Waals surface area contributed by atoms with Crippen LogP contribution in [-0.2, 0) is 16.1 Å². The van der Waals surface area contributed by atoms with E-state index in [1.165, 1.54) is 19.1 Å². The van der Waals surface area contributed by atoms with E-state index in [1.54, 1.807) is 0 Å². The third-order valence-corrected chi connectivity index (χ3v) is 2.99. The first-order valence-electron chi connectivity index (χ1n) is 6.67. The van der Waals surface area contributed by atoms with E-state index < -0.39 is 36.5 Å². The molecule has 0 saturated heterocycles. The van der Waals surface area contributed by atoms with Gasteiger partial charge in [-0.2, -0.15) is 0 Å². The highest BCUT2D eigenvalue weighted by Crippen LogP contribution is 2.17. The van der Waals surface area contributed by atoms with Crippen molar-refractivity contribution in [3.05, 3.63) is 29.3 Å². The van der Waals surface area contributed by atoms with Crippen LogP contribution >= 0.6 is 0 Å². The van der Waals surface area contributed by atoms with Crippen LogP contribution in [0, 0.1) is 0 Å². The third kappa shape index (κ3) is 5.24. The van der Waals surface area contributed by atoms with Gasteiger partial charge in [0, 0.05) is 12.1 Å². The van der Waals surface area contributed by atoms with Crippen LogP contribution in [0.1, 0.15) is 22.8 Å². The highest BCUT2D eigenvalue weighted by Gasteiger charge is 2.26. The number of benzene rings is 1. The average molecular weight is 326 g/mol. The van der Waals surface area contributed by atoms with E-state index >= 15 is 0 Å². The molecule has 0 aromatic heterocycles. The Hall–Kier alpha value is -2.65. The van der Waals surface area contributed by atoms with E-state index in [9.17, 15) is 24.6 Å². The van der Waals surface area contributed by atoms with Gasteiger partial charge in [0.15, 0.2) is 6.04 Å². The smallest absolute Gasteiger partial charge is 0.328 e. The minimum absolute atomic E-state index is 0.0601. The molecule has 2 atom stereocenters. The van der Waals surface area contributed by atoms with Crippen LogP contribution in [0.15, 0.2) is 18.2 Å². The van der Waals surface area contributed by atoms with E-state index in [0.29, 0.717) is 5.56 Å². The number of aliphatic hydroxyl groups excluding tert-OH is 2. The Morgan fingerprint density at radius 1 is 1.26 bits per heavy atom. The number of amides is 2. The summed E-state index contributed by atoms with van der Waals surface area (Å²) in [5.41, 5.74) is 0.243. The average Bonchev–Trinajstić information content (AvgIpc) is 2.49. The van der Waals surface area contributed by atoms with Gasteiger partial charge in [-0.05, 0) is 24.6 Å². The number of aliphatic carboxylic acids is 1. The quantitative estimate of drug-likeness (QED) is 0.358. The number of hydrogen-bond donors (Lipinski definition) is 6. The molecule has 1 rings (SSSR count). The van der Waals surface area contributed by atoms with Crippen LogP contribution < -0.4 is 10.6 Å². The molecule has 0 aliphatic rings. The molecule has 0 aliphatic carbocycles. The lowest BCUT2D eigenvalue weighted by atomic mass is 10.0. The number of carbonyl (C=O) groups excluding carboxylic acids is 2. The summed E-state index contributed by atoms with van der Waals surface area (Å²) in [7, 11) is 0. The first-order valence-corrected chi connectivity index (χ1v) is 6.67. The van der Waals surface area contributed by atoms with Crippen molar-refractivity contribution in [2.45, 2.75) is 25.6 Å².